The quantitative estimate of drug-likeness (QED) is 0.820. The number of aliphatic hydroxyl groups is 1. The van der Waals surface area contributed by atoms with Gasteiger partial charge in [-0.2, -0.15) is 0 Å². The van der Waals surface area contributed by atoms with Crippen LogP contribution in [0, 0.1) is 6.92 Å². The SMILES string of the molecule is COc1cc(CCC2(O)CC2)ccc1C. The van der Waals surface area contributed by atoms with Crippen LogP contribution in [-0.2, 0) is 6.42 Å². The van der Waals surface area contributed by atoms with Gasteiger partial charge in [0.25, 0.3) is 0 Å². The van der Waals surface area contributed by atoms with Crippen LogP contribution in [0.4, 0.5) is 0 Å². The normalized spacial score (nSPS) is 17.5. The Morgan fingerprint density at radius 1 is 1.40 bits per heavy atom. The highest BCUT2D eigenvalue weighted by atomic mass is 16.5. The molecular formula is C13H18O2. The van der Waals surface area contributed by atoms with Crippen LogP contribution < -0.4 is 4.74 Å². The highest BCUT2D eigenvalue weighted by Crippen LogP contribution is 2.39. The minimum absolute atomic E-state index is 0.349. The Morgan fingerprint density at radius 2 is 2.13 bits per heavy atom. The number of hydrogen-bond donors (Lipinski definition) is 1. The van der Waals surface area contributed by atoms with Crippen LogP contribution in [-0.4, -0.2) is 17.8 Å². The van der Waals surface area contributed by atoms with Crippen molar-refractivity contribution in [2.45, 2.75) is 38.2 Å². The minimum atomic E-state index is -0.349. The average Bonchev–Trinajstić information content (AvgIpc) is 2.96. The third-order valence-corrected chi connectivity index (χ3v) is 3.18. The van der Waals surface area contributed by atoms with Gasteiger partial charge in [-0.3, -0.25) is 0 Å². The Bertz CT molecular complexity index is 354. The third kappa shape index (κ3) is 2.51. The number of ether oxygens (including phenoxy) is 1. The summed E-state index contributed by atoms with van der Waals surface area (Å²) in [5.74, 6) is 0.940. The molecule has 0 atom stereocenters. The molecule has 0 saturated heterocycles. The first-order valence-electron chi connectivity index (χ1n) is 5.49. The predicted octanol–water partition coefficient (Wildman–Crippen LogP) is 2.46. The molecular weight excluding hydrogens is 188 g/mol. The maximum absolute atomic E-state index is 9.74. The van der Waals surface area contributed by atoms with E-state index in [1.54, 1.807) is 7.11 Å². The summed E-state index contributed by atoms with van der Waals surface area (Å²) in [4.78, 5) is 0. The summed E-state index contributed by atoms with van der Waals surface area (Å²) in [6.07, 6.45) is 3.75. The van der Waals surface area contributed by atoms with E-state index in [9.17, 15) is 5.11 Å². The molecule has 2 nitrogen and oxygen atoms in total. The van der Waals surface area contributed by atoms with Crippen molar-refractivity contribution in [3.8, 4) is 5.75 Å². The summed E-state index contributed by atoms with van der Waals surface area (Å²) < 4.78 is 5.27. The van der Waals surface area contributed by atoms with Crippen molar-refractivity contribution in [2.75, 3.05) is 7.11 Å². The Labute approximate surface area is 90.9 Å². The van der Waals surface area contributed by atoms with E-state index in [2.05, 4.69) is 18.2 Å². The summed E-state index contributed by atoms with van der Waals surface area (Å²) in [6.45, 7) is 2.04. The van der Waals surface area contributed by atoms with E-state index >= 15 is 0 Å². The fourth-order valence-corrected chi connectivity index (χ4v) is 1.79. The second-order valence-corrected chi connectivity index (χ2v) is 4.53. The standard InChI is InChI=1S/C13H18O2/c1-10-3-4-11(9-12(10)15-2)5-6-13(14)7-8-13/h3-4,9,14H,5-8H2,1-2H3. The van der Waals surface area contributed by atoms with Crippen LogP contribution in [0.2, 0.25) is 0 Å². The predicted molar refractivity (Wildman–Crippen MR) is 60.2 cm³/mol. The summed E-state index contributed by atoms with van der Waals surface area (Å²) in [7, 11) is 1.69. The molecule has 2 rings (SSSR count). The zero-order chi connectivity index (χ0) is 10.9. The van der Waals surface area contributed by atoms with Crippen LogP contribution in [0.25, 0.3) is 0 Å². The Kier molecular flexibility index (Phi) is 2.70. The van der Waals surface area contributed by atoms with Crippen LogP contribution in [0.15, 0.2) is 18.2 Å². The molecule has 1 aromatic rings. The molecule has 1 aliphatic carbocycles. The molecule has 0 unspecified atom stereocenters. The first kappa shape index (κ1) is 10.5. The maximum Gasteiger partial charge on any atom is 0.122 e. The van der Waals surface area contributed by atoms with Gasteiger partial charge >= 0.3 is 0 Å². The Morgan fingerprint density at radius 3 is 2.73 bits per heavy atom. The van der Waals surface area contributed by atoms with E-state index in [0.29, 0.717) is 0 Å². The van der Waals surface area contributed by atoms with Crippen molar-refractivity contribution >= 4 is 0 Å². The number of rotatable bonds is 4. The third-order valence-electron chi connectivity index (χ3n) is 3.18. The van der Waals surface area contributed by atoms with Gasteiger partial charge in [-0.15, -0.1) is 0 Å². The van der Waals surface area contributed by atoms with E-state index in [-0.39, 0.29) is 5.60 Å². The molecule has 0 aromatic heterocycles. The molecule has 82 valence electrons. The lowest BCUT2D eigenvalue weighted by Crippen LogP contribution is -2.07. The van der Waals surface area contributed by atoms with Crippen molar-refractivity contribution in [3.63, 3.8) is 0 Å². The van der Waals surface area contributed by atoms with Crippen LogP contribution in [0.1, 0.15) is 30.4 Å². The smallest absolute Gasteiger partial charge is 0.122 e. The lowest BCUT2D eigenvalue weighted by molar-refractivity contribution is 0.140. The summed E-state index contributed by atoms with van der Waals surface area (Å²) >= 11 is 0. The van der Waals surface area contributed by atoms with Gasteiger partial charge in [-0.25, -0.2) is 0 Å². The number of benzene rings is 1. The van der Waals surface area contributed by atoms with Crippen LogP contribution in [0.5, 0.6) is 5.75 Å². The fraction of sp³-hybridized carbons (Fsp3) is 0.538. The van der Waals surface area contributed by atoms with Crippen LogP contribution >= 0.6 is 0 Å². The summed E-state index contributed by atoms with van der Waals surface area (Å²) in [5, 5.41) is 9.74. The first-order chi connectivity index (χ1) is 7.13. The second kappa shape index (κ2) is 3.86. The van der Waals surface area contributed by atoms with E-state index in [0.717, 1.165) is 37.0 Å². The highest BCUT2D eigenvalue weighted by Gasteiger charge is 2.39. The van der Waals surface area contributed by atoms with Gasteiger partial charge in [0.05, 0.1) is 12.7 Å². The molecule has 1 N–H and O–H groups in total. The van der Waals surface area contributed by atoms with Crippen LogP contribution in [0.3, 0.4) is 0 Å². The van der Waals surface area contributed by atoms with E-state index in [1.165, 1.54) is 5.56 Å². The fourth-order valence-electron chi connectivity index (χ4n) is 1.79. The van der Waals surface area contributed by atoms with Gasteiger partial charge < -0.3 is 9.84 Å². The van der Waals surface area contributed by atoms with Gasteiger partial charge in [0.1, 0.15) is 5.75 Å². The first-order valence-corrected chi connectivity index (χ1v) is 5.49. The van der Waals surface area contributed by atoms with Crippen molar-refractivity contribution < 1.29 is 9.84 Å². The Balaban J connectivity index is 2.01. The molecule has 1 fully saturated rings. The number of aryl methyl sites for hydroxylation is 2. The van der Waals surface area contributed by atoms with Crippen molar-refractivity contribution in [1.29, 1.82) is 0 Å². The molecule has 0 aliphatic heterocycles. The lowest BCUT2D eigenvalue weighted by atomic mass is 10.0. The zero-order valence-corrected chi connectivity index (χ0v) is 9.42. The average molecular weight is 206 g/mol. The van der Waals surface area contributed by atoms with E-state index in [1.807, 2.05) is 6.92 Å². The minimum Gasteiger partial charge on any atom is -0.496 e. The molecule has 0 spiro atoms. The molecule has 1 saturated carbocycles. The second-order valence-electron chi connectivity index (χ2n) is 4.53. The molecule has 0 amide bonds. The molecule has 0 bridgehead atoms. The van der Waals surface area contributed by atoms with Gasteiger partial charge in [0, 0.05) is 0 Å². The highest BCUT2D eigenvalue weighted by molar-refractivity contribution is 5.36. The molecule has 15 heavy (non-hydrogen) atoms. The van der Waals surface area contributed by atoms with Crippen molar-refractivity contribution in [2.24, 2.45) is 0 Å². The lowest BCUT2D eigenvalue weighted by Gasteiger charge is -2.10. The summed E-state index contributed by atoms with van der Waals surface area (Å²) in [6, 6.07) is 6.26. The largest absolute Gasteiger partial charge is 0.496 e. The topological polar surface area (TPSA) is 29.5 Å². The zero-order valence-electron chi connectivity index (χ0n) is 9.42. The van der Waals surface area contributed by atoms with E-state index in [4.69, 9.17) is 4.74 Å². The van der Waals surface area contributed by atoms with Crippen molar-refractivity contribution in [3.05, 3.63) is 29.3 Å². The molecule has 2 heteroatoms. The van der Waals surface area contributed by atoms with Gasteiger partial charge in [-0.1, -0.05) is 12.1 Å². The van der Waals surface area contributed by atoms with Crippen molar-refractivity contribution in [1.82, 2.24) is 0 Å². The number of hydrogen-bond acceptors (Lipinski definition) is 2. The monoisotopic (exact) mass is 206 g/mol. The molecule has 0 radical (unpaired) electrons. The molecule has 1 aromatic carbocycles. The Hall–Kier alpha value is -1.02. The van der Waals surface area contributed by atoms with Gasteiger partial charge in [-0.05, 0) is 49.8 Å². The molecule has 0 heterocycles. The molecule has 1 aliphatic rings. The van der Waals surface area contributed by atoms with Gasteiger partial charge in [0.2, 0.25) is 0 Å². The van der Waals surface area contributed by atoms with E-state index < -0.39 is 0 Å². The maximum atomic E-state index is 9.74. The summed E-state index contributed by atoms with van der Waals surface area (Å²) in [5.41, 5.74) is 2.06. The number of methoxy groups -OCH3 is 1. The van der Waals surface area contributed by atoms with Gasteiger partial charge in [0.15, 0.2) is 0 Å².